The molecule has 6 N–H and O–H groups in total. The summed E-state index contributed by atoms with van der Waals surface area (Å²) < 4.78 is 7.52. The molecule has 0 bridgehead atoms. The second-order valence-corrected chi connectivity index (χ2v) is 6.19. The minimum Gasteiger partial charge on any atom is -0.387 e. The van der Waals surface area contributed by atoms with Crippen LogP contribution in [0, 0.1) is 0 Å². The highest BCUT2D eigenvalue weighted by atomic mass is 16.6. The normalized spacial score (nSPS) is 26.5. The highest BCUT2D eigenvalue weighted by Crippen LogP contribution is 2.32. The van der Waals surface area contributed by atoms with E-state index in [2.05, 4.69) is 19.9 Å². The van der Waals surface area contributed by atoms with Crippen LogP contribution in [0.2, 0.25) is 0 Å². The molecule has 0 aliphatic carbocycles. The molecule has 26 heavy (non-hydrogen) atoms. The summed E-state index contributed by atoms with van der Waals surface area (Å²) in [5, 5.41) is 20.9. The summed E-state index contributed by atoms with van der Waals surface area (Å²) in [6.45, 7) is 4.46. The molecule has 1 saturated heterocycles. The summed E-state index contributed by atoms with van der Waals surface area (Å²) in [7, 11) is 0. The SMILES string of the molecule is CCN(C/C=C\CN)C[C@H]1O[C@@H](n2cnc3c(N)ncnc32)[C@H](O)[C@@H]1O. The standard InChI is InChI=1S/C16H25N7O3/c1-2-22(6-4-3-5-17)7-10-12(24)13(25)16(26-10)23-9-21-11-14(18)19-8-20-15(11)23/h3-4,8-10,12-13,16,24-25H,2,5-7,17H2,1H3,(H2,18,19,20)/b4-3-/t10-,12-,13-,16-/m1/s1. The second kappa shape index (κ2) is 8.06. The zero-order valence-corrected chi connectivity index (χ0v) is 14.6. The Bertz CT molecular complexity index is 765. The third kappa shape index (κ3) is 3.55. The van der Waals surface area contributed by atoms with Crippen molar-refractivity contribution >= 4 is 17.0 Å². The minimum atomic E-state index is -1.10. The van der Waals surface area contributed by atoms with Crippen molar-refractivity contribution in [3.8, 4) is 0 Å². The zero-order chi connectivity index (χ0) is 18.7. The highest BCUT2D eigenvalue weighted by Gasteiger charge is 2.44. The molecule has 0 aromatic carbocycles. The molecule has 0 unspecified atom stereocenters. The van der Waals surface area contributed by atoms with Gasteiger partial charge in [-0.2, -0.15) is 0 Å². The van der Waals surface area contributed by atoms with Crippen molar-refractivity contribution in [3.63, 3.8) is 0 Å². The molecule has 4 atom stereocenters. The van der Waals surface area contributed by atoms with Crippen LogP contribution in [-0.4, -0.2) is 79.1 Å². The van der Waals surface area contributed by atoms with Crippen molar-refractivity contribution in [3.05, 3.63) is 24.8 Å². The quantitative estimate of drug-likeness (QED) is 0.448. The Hall–Kier alpha value is -2.11. The lowest BCUT2D eigenvalue weighted by Gasteiger charge is -2.24. The lowest BCUT2D eigenvalue weighted by molar-refractivity contribution is -0.0429. The molecule has 1 aliphatic heterocycles. The Balaban J connectivity index is 1.76. The number of hydrogen-bond donors (Lipinski definition) is 4. The van der Waals surface area contributed by atoms with Crippen molar-refractivity contribution in [1.82, 2.24) is 24.4 Å². The summed E-state index contributed by atoms with van der Waals surface area (Å²) in [6.07, 6.45) is 3.20. The Morgan fingerprint density at radius 1 is 1.27 bits per heavy atom. The van der Waals surface area contributed by atoms with E-state index in [0.29, 0.717) is 30.8 Å². The van der Waals surface area contributed by atoms with Gasteiger partial charge in [0.2, 0.25) is 0 Å². The van der Waals surface area contributed by atoms with Gasteiger partial charge in [-0.3, -0.25) is 9.47 Å². The van der Waals surface area contributed by atoms with Crippen LogP contribution >= 0.6 is 0 Å². The van der Waals surface area contributed by atoms with Crippen LogP contribution in [0.15, 0.2) is 24.8 Å². The number of aliphatic hydroxyl groups is 2. The van der Waals surface area contributed by atoms with Gasteiger partial charge in [0, 0.05) is 19.6 Å². The van der Waals surface area contributed by atoms with Gasteiger partial charge in [-0.1, -0.05) is 19.1 Å². The lowest BCUT2D eigenvalue weighted by atomic mass is 10.1. The molecule has 0 radical (unpaired) electrons. The molecule has 0 amide bonds. The monoisotopic (exact) mass is 363 g/mol. The van der Waals surface area contributed by atoms with Crippen molar-refractivity contribution in [1.29, 1.82) is 0 Å². The summed E-state index contributed by atoms with van der Waals surface area (Å²) in [4.78, 5) is 14.3. The molecule has 3 heterocycles. The summed E-state index contributed by atoms with van der Waals surface area (Å²) in [6, 6.07) is 0. The van der Waals surface area contributed by atoms with Gasteiger partial charge >= 0.3 is 0 Å². The Morgan fingerprint density at radius 2 is 2.08 bits per heavy atom. The molecular formula is C16H25N7O3. The first-order valence-electron chi connectivity index (χ1n) is 8.58. The number of hydrogen-bond acceptors (Lipinski definition) is 9. The maximum Gasteiger partial charge on any atom is 0.167 e. The largest absolute Gasteiger partial charge is 0.387 e. The molecule has 10 nitrogen and oxygen atoms in total. The van der Waals surface area contributed by atoms with Crippen molar-refractivity contribution in [2.24, 2.45) is 5.73 Å². The molecule has 0 saturated carbocycles. The van der Waals surface area contributed by atoms with E-state index in [4.69, 9.17) is 16.2 Å². The average molecular weight is 363 g/mol. The van der Waals surface area contributed by atoms with E-state index in [1.165, 1.54) is 12.7 Å². The average Bonchev–Trinajstić information content (AvgIpc) is 3.18. The molecule has 2 aromatic rings. The number of ether oxygens (including phenoxy) is 1. The molecule has 3 rings (SSSR count). The Labute approximate surface area is 151 Å². The second-order valence-electron chi connectivity index (χ2n) is 6.19. The maximum atomic E-state index is 10.5. The van der Waals surface area contributed by atoms with Gasteiger partial charge in [0.05, 0.1) is 6.33 Å². The lowest BCUT2D eigenvalue weighted by Crippen LogP contribution is -2.40. The van der Waals surface area contributed by atoms with E-state index in [1.807, 2.05) is 19.1 Å². The minimum absolute atomic E-state index is 0.252. The topological polar surface area (TPSA) is 149 Å². The summed E-state index contributed by atoms with van der Waals surface area (Å²) in [5.41, 5.74) is 12.1. The predicted octanol–water partition coefficient (Wildman–Crippen LogP) is -1.14. The van der Waals surface area contributed by atoms with Crippen LogP contribution in [-0.2, 0) is 4.74 Å². The van der Waals surface area contributed by atoms with Gasteiger partial charge in [0.1, 0.15) is 30.2 Å². The van der Waals surface area contributed by atoms with E-state index >= 15 is 0 Å². The number of nitrogens with two attached hydrogens (primary N) is 2. The Morgan fingerprint density at radius 3 is 2.81 bits per heavy atom. The van der Waals surface area contributed by atoms with E-state index < -0.39 is 24.5 Å². The van der Waals surface area contributed by atoms with Gasteiger partial charge in [-0.25, -0.2) is 15.0 Å². The maximum absolute atomic E-state index is 10.5. The van der Waals surface area contributed by atoms with Gasteiger partial charge in [-0.15, -0.1) is 0 Å². The molecule has 0 spiro atoms. The fourth-order valence-electron chi connectivity index (χ4n) is 3.07. The van der Waals surface area contributed by atoms with Crippen molar-refractivity contribution in [2.75, 3.05) is 31.9 Å². The number of aliphatic hydroxyl groups excluding tert-OH is 2. The number of imidazole rings is 1. The first-order chi connectivity index (χ1) is 12.6. The summed E-state index contributed by atoms with van der Waals surface area (Å²) in [5.74, 6) is 0.252. The van der Waals surface area contributed by atoms with E-state index in [9.17, 15) is 10.2 Å². The van der Waals surface area contributed by atoms with Gasteiger partial charge in [-0.05, 0) is 6.54 Å². The van der Waals surface area contributed by atoms with Crippen LogP contribution in [0.5, 0.6) is 0 Å². The molecule has 142 valence electrons. The van der Waals surface area contributed by atoms with Crippen LogP contribution in [0.3, 0.4) is 0 Å². The van der Waals surface area contributed by atoms with E-state index in [1.54, 1.807) is 4.57 Å². The molecule has 10 heteroatoms. The first-order valence-corrected chi connectivity index (χ1v) is 8.58. The number of aromatic nitrogens is 4. The van der Waals surface area contributed by atoms with Crippen molar-refractivity contribution < 1.29 is 14.9 Å². The van der Waals surface area contributed by atoms with Gasteiger partial charge < -0.3 is 26.4 Å². The molecule has 1 aliphatic rings. The van der Waals surface area contributed by atoms with Gasteiger partial charge in [0.15, 0.2) is 17.7 Å². The number of nitrogen functional groups attached to an aromatic ring is 1. The predicted molar refractivity (Wildman–Crippen MR) is 96.0 cm³/mol. The summed E-state index contributed by atoms with van der Waals surface area (Å²) >= 11 is 0. The van der Waals surface area contributed by atoms with Crippen LogP contribution < -0.4 is 11.5 Å². The number of fused-ring (bicyclic) bond motifs is 1. The van der Waals surface area contributed by atoms with Gasteiger partial charge in [0.25, 0.3) is 0 Å². The molecule has 2 aromatic heterocycles. The fourth-order valence-corrected chi connectivity index (χ4v) is 3.07. The van der Waals surface area contributed by atoms with E-state index in [0.717, 1.165) is 6.54 Å². The Kier molecular flexibility index (Phi) is 5.79. The number of anilines is 1. The van der Waals surface area contributed by atoms with Crippen molar-refractivity contribution in [2.45, 2.75) is 31.5 Å². The fraction of sp³-hybridized carbons (Fsp3) is 0.562. The van der Waals surface area contributed by atoms with E-state index in [-0.39, 0.29) is 5.82 Å². The smallest absolute Gasteiger partial charge is 0.167 e. The first kappa shape index (κ1) is 18.7. The highest BCUT2D eigenvalue weighted by molar-refractivity contribution is 5.81. The molecule has 1 fully saturated rings. The number of nitrogens with zero attached hydrogens (tertiary/aromatic N) is 5. The number of rotatable bonds is 7. The number of likely N-dealkylation sites (N-methyl/N-ethyl adjacent to an activating group) is 1. The molecular weight excluding hydrogens is 338 g/mol. The van der Waals surface area contributed by atoms with Crippen LogP contribution in [0.1, 0.15) is 13.2 Å². The van der Waals surface area contributed by atoms with Crippen LogP contribution in [0.4, 0.5) is 5.82 Å². The van der Waals surface area contributed by atoms with Crippen LogP contribution in [0.25, 0.3) is 11.2 Å². The zero-order valence-electron chi connectivity index (χ0n) is 14.6. The third-order valence-electron chi connectivity index (χ3n) is 4.55. The third-order valence-corrected chi connectivity index (χ3v) is 4.55.